The molecule has 0 aromatic carbocycles. The Balaban J connectivity index is 0.00000182. The minimum atomic E-state index is -3.02. The zero-order chi connectivity index (χ0) is 16.9. The molecule has 3 aliphatic carbocycles. The molecule has 1 amide bonds. The van der Waals surface area contributed by atoms with Crippen LogP contribution in [0.25, 0.3) is 0 Å². The third kappa shape index (κ3) is 3.46. The number of fused-ring (bicyclic) bond motifs is 3. The van der Waals surface area contributed by atoms with E-state index in [1.54, 1.807) is 0 Å². The molecule has 1 heterocycles. The van der Waals surface area contributed by atoms with Crippen LogP contribution in [0.1, 0.15) is 57.8 Å². The average Bonchev–Trinajstić information content (AvgIpc) is 2.54. The van der Waals surface area contributed by atoms with Gasteiger partial charge in [0.25, 0.3) is 0 Å². The maximum atomic E-state index is 13.2. The lowest BCUT2D eigenvalue weighted by molar-refractivity contribution is -0.141. The van der Waals surface area contributed by atoms with Gasteiger partial charge in [-0.25, -0.2) is 8.42 Å². The highest BCUT2D eigenvalue weighted by Crippen LogP contribution is 2.43. The standard InChI is InChI=1S/C18H30N2O3S.ClH/c19-17-12-4-3-5-13(17)11-14(10-12)18(21)20-8-9-24(22,23)16-7-2-1-6-15(16)20;/h12-17H,1-11,19H2;1H. The largest absolute Gasteiger partial charge is 0.337 e. The van der Waals surface area contributed by atoms with Crippen LogP contribution in [0, 0.1) is 17.8 Å². The minimum absolute atomic E-state index is 0. The van der Waals surface area contributed by atoms with E-state index in [4.69, 9.17) is 5.73 Å². The quantitative estimate of drug-likeness (QED) is 0.743. The number of carbonyl (C=O) groups excluding carboxylic acids is 1. The fraction of sp³-hybridized carbons (Fsp3) is 0.944. The van der Waals surface area contributed by atoms with E-state index >= 15 is 0 Å². The first-order valence-corrected chi connectivity index (χ1v) is 11.5. The molecule has 0 radical (unpaired) electrons. The van der Waals surface area contributed by atoms with Crippen LogP contribution in [0.2, 0.25) is 0 Å². The van der Waals surface area contributed by atoms with Crippen LogP contribution in [0.5, 0.6) is 0 Å². The van der Waals surface area contributed by atoms with Gasteiger partial charge in [-0.3, -0.25) is 4.79 Å². The zero-order valence-corrected chi connectivity index (χ0v) is 16.4. The second kappa shape index (κ2) is 7.35. The molecule has 0 spiro atoms. The molecule has 4 atom stereocenters. The smallest absolute Gasteiger partial charge is 0.226 e. The van der Waals surface area contributed by atoms with Gasteiger partial charge in [-0.2, -0.15) is 0 Å². The molecule has 4 unspecified atom stereocenters. The van der Waals surface area contributed by atoms with Crippen molar-refractivity contribution >= 4 is 28.2 Å². The van der Waals surface area contributed by atoms with E-state index in [-0.39, 0.29) is 47.3 Å². The maximum absolute atomic E-state index is 13.2. The Morgan fingerprint density at radius 1 is 0.960 bits per heavy atom. The van der Waals surface area contributed by atoms with Crippen LogP contribution in [0.3, 0.4) is 0 Å². The molecule has 7 heteroatoms. The van der Waals surface area contributed by atoms with Crippen LogP contribution in [-0.4, -0.2) is 48.9 Å². The molecule has 2 N–H and O–H groups in total. The maximum Gasteiger partial charge on any atom is 0.226 e. The molecular weight excluding hydrogens is 360 g/mol. The topological polar surface area (TPSA) is 80.5 Å². The third-order valence-corrected chi connectivity index (χ3v) is 9.42. The summed E-state index contributed by atoms with van der Waals surface area (Å²) in [6.07, 6.45) is 8.99. The number of nitrogens with zero attached hydrogens (tertiary/aromatic N) is 1. The summed E-state index contributed by atoms with van der Waals surface area (Å²) in [4.78, 5) is 15.2. The number of hydrogen-bond donors (Lipinski definition) is 1. The fourth-order valence-corrected chi connectivity index (χ4v) is 7.94. The summed E-state index contributed by atoms with van der Waals surface area (Å²) in [5, 5.41) is -0.311. The molecular formula is C18H31ClN2O3S. The van der Waals surface area contributed by atoms with Crippen LogP contribution < -0.4 is 5.73 Å². The van der Waals surface area contributed by atoms with Crippen molar-refractivity contribution in [3.8, 4) is 0 Å². The molecule has 4 rings (SSSR count). The van der Waals surface area contributed by atoms with Crippen molar-refractivity contribution in [1.82, 2.24) is 4.90 Å². The number of amides is 1. The average molecular weight is 391 g/mol. The first-order valence-electron chi connectivity index (χ1n) is 9.75. The highest BCUT2D eigenvalue weighted by Gasteiger charge is 2.47. The molecule has 25 heavy (non-hydrogen) atoms. The molecule has 4 fully saturated rings. The molecule has 5 nitrogen and oxygen atoms in total. The van der Waals surface area contributed by atoms with Gasteiger partial charge in [0, 0.05) is 24.5 Å². The van der Waals surface area contributed by atoms with Crippen LogP contribution >= 0.6 is 12.4 Å². The number of rotatable bonds is 1. The van der Waals surface area contributed by atoms with Gasteiger partial charge in [0.1, 0.15) is 0 Å². The van der Waals surface area contributed by atoms with Gasteiger partial charge in [0.05, 0.1) is 11.0 Å². The lowest BCUT2D eigenvalue weighted by atomic mass is 9.64. The van der Waals surface area contributed by atoms with Crippen LogP contribution in [-0.2, 0) is 14.6 Å². The summed E-state index contributed by atoms with van der Waals surface area (Å²) in [6, 6.07) is 0.201. The molecule has 3 saturated carbocycles. The summed E-state index contributed by atoms with van der Waals surface area (Å²) in [5.74, 6) is 1.43. The SMILES string of the molecule is Cl.NC1C2CCCC1CC(C(=O)N1CCS(=O)(=O)C3CCCCC31)C2. The van der Waals surface area contributed by atoms with Crippen LogP contribution in [0.15, 0.2) is 0 Å². The Kier molecular flexibility index (Phi) is 5.72. The number of carbonyl (C=O) groups is 1. The van der Waals surface area contributed by atoms with Gasteiger partial charge in [-0.15, -0.1) is 12.4 Å². The van der Waals surface area contributed by atoms with E-state index in [0.29, 0.717) is 18.4 Å². The minimum Gasteiger partial charge on any atom is -0.337 e. The van der Waals surface area contributed by atoms with E-state index in [2.05, 4.69) is 0 Å². The van der Waals surface area contributed by atoms with Crippen molar-refractivity contribution in [2.75, 3.05) is 12.3 Å². The zero-order valence-electron chi connectivity index (χ0n) is 14.8. The molecule has 144 valence electrons. The highest BCUT2D eigenvalue weighted by atomic mass is 35.5. The summed E-state index contributed by atoms with van der Waals surface area (Å²) >= 11 is 0. The molecule has 1 aliphatic heterocycles. The van der Waals surface area contributed by atoms with E-state index in [0.717, 1.165) is 51.4 Å². The van der Waals surface area contributed by atoms with Crippen molar-refractivity contribution in [3.05, 3.63) is 0 Å². The fourth-order valence-electron chi connectivity index (χ4n) is 5.89. The Labute approximate surface area is 157 Å². The summed E-state index contributed by atoms with van der Waals surface area (Å²) in [6.45, 7) is 0.403. The van der Waals surface area contributed by atoms with E-state index in [1.165, 1.54) is 6.42 Å². The number of nitrogens with two attached hydrogens (primary N) is 1. The summed E-state index contributed by atoms with van der Waals surface area (Å²) < 4.78 is 24.8. The lowest BCUT2D eigenvalue weighted by Crippen LogP contribution is -2.60. The lowest BCUT2D eigenvalue weighted by Gasteiger charge is -2.48. The molecule has 4 aliphatic rings. The van der Waals surface area contributed by atoms with Gasteiger partial charge >= 0.3 is 0 Å². The predicted octanol–water partition coefficient (Wildman–Crippen LogP) is 2.13. The summed E-state index contributed by atoms with van der Waals surface area (Å²) in [7, 11) is -3.02. The second-order valence-corrected chi connectivity index (χ2v) is 10.8. The van der Waals surface area contributed by atoms with Gasteiger partial charge in [0.2, 0.25) is 5.91 Å². The Morgan fingerprint density at radius 3 is 2.28 bits per heavy atom. The molecule has 0 aromatic heterocycles. The van der Waals surface area contributed by atoms with Gasteiger partial charge in [-0.05, 0) is 50.4 Å². The Bertz CT molecular complexity index is 597. The monoisotopic (exact) mass is 390 g/mol. The number of sulfone groups is 1. The molecule has 2 bridgehead atoms. The van der Waals surface area contributed by atoms with Gasteiger partial charge in [0.15, 0.2) is 9.84 Å². The van der Waals surface area contributed by atoms with Crippen molar-refractivity contribution in [1.29, 1.82) is 0 Å². The predicted molar refractivity (Wildman–Crippen MR) is 100 cm³/mol. The summed E-state index contributed by atoms with van der Waals surface area (Å²) in [5.41, 5.74) is 6.36. The van der Waals surface area contributed by atoms with Crippen molar-refractivity contribution in [2.45, 2.75) is 75.1 Å². The molecule has 0 aromatic rings. The van der Waals surface area contributed by atoms with Crippen molar-refractivity contribution in [2.24, 2.45) is 23.5 Å². The van der Waals surface area contributed by atoms with Crippen molar-refractivity contribution < 1.29 is 13.2 Å². The van der Waals surface area contributed by atoms with E-state index in [9.17, 15) is 13.2 Å². The highest BCUT2D eigenvalue weighted by molar-refractivity contribution is 7.92. The molecule has 1 saturated heterocycles. The van der Waals surface area contributed by atoms with Crippen molar-refractivity contribution in [3.63, 3.8) is 0 Å². The normalized spacial score (nSPS) is 42.8. The van der Waals surface area contributed by atoms with Gasteiger partial charge < -0.3 is 10.6 Å². The second-order valence-electron chi connectivity index (χ2n) is 8.49. The number of hydrogen-bond acceptors (Lipinski definition) is 4. The van der Waals surface area contributed by atoms with Crippen LogP contribution in [0.4, 0.5) is 0 Å². The Morgan fingerprint density at radius 2 is 1.60 bits per heavy atom. The Hall–Kier alpha value is -0.330. The first-order chi connectivity index (χ1) is 11.5. The first kappa shape index (κ1) is 19.4. The van der Waals surface area contributed by atoms with E-state index in [1.807, 2.05) is 4.90 Å². The van der Waals surface area contributed by atoms with Gasteiger partial charge in [-0.1, -0.05) is 19.3 Å². The van der Waals surface area contributed by atoms with E-state index < -0.39 is 9.84 Å². The number of halogens is 1. The third-order valence-electron chi connectivity index (χ3n) is 7.19.